The number of aryl methyl sites for hydroxylation is 1. The molecule has 0 amide bonds. The molecule has 2 heterocycles. The summed E-state index contributed by atoms with van der Waals surface area (Å²) in [5.41, 5.74) is 0.862. The highest BCUT2D eigenvalue weighted by molar-refractivity contribution is 5.30. The van der Waals surface area contributed by atoms with Gasteiger partial charge in [-0.25, -0.2) is 0 Å². The molecule has 3 rings (SSSR count). The Hall–Kier alpha value is -1.82. The monoisotopic (exact) mass is 317 g/mol. The molecule has 2 aromatic rings. The molecule has 1 N–H and O–H groups in total. The van der Waals surface area contributed by atoms with E-state index in [2.05, 4.69) is 4.90 Å². The van der Waals surface area contributed by atoms with Gasteiger partial charge in [-0.2, -0.15) is 0 Å². The number of nitrogens with zero attached hydrogens (tertiary/aromatic N) is 1. The molecule has 0 saturated carbocycles. The second-order valence-electron chi connectivity index (χ2n) is 5.86. The van der Waals surface area contributed by atoms with E-state index >= 15 is 0 Å². The van der Waals surface area contributed by atoms with Gasteiger partial charge in [0.15, 0.2) is 0 Å². The summed E-state index contributed by atoms with van der Waals surface area (Å²) in [5.74, 6) is 2.49. The molecule has 1 aliphatic rings. The summed E-state index contributed by atoms with van der Waals surface area (Å²) in [6, 6.07) is 11.5. The highest BCUT2D eigenvalue weighted by atomic mass is 16.5. The Morgan fingerprint density at radius 1 is 1.35 bits per heavy atom. The highest BCUT2D eigenvalue weighted by Crippen LogP contribution is 2.26. The molecule has 0 aliphatic carbocycles. The first-order valence-electron chi connectivity index (χ1n) is 7.88. The third-order valence-electron chi connectivity index (χ3n) is 4.14. The molecule has 5 heteroatoms. The molecule has 1 saturated heterocycles. The minimum atomic E-state index is -0.554. The number of rotatable bonds is 5. The van der Waals surface area contributed by atoms with Crippen LogP contribution in [0, 0.1) is 6.92 Å². The van der Waals surface area contributed by atoms with Crippen LogP contribution in [-0.4, -0.2) is 43.4 Å². The SMILES string of the molecule is COc1cccc(C(O)CN2CCOC(c3ccc(C)o3)C2)c1. The summed E-state index contributed by atoms with van der Waals surface area (Å²) in [4.78, 5) is 2.20. The van der Waals surface area contributed by atoms with Crippen molar-refractivity contribution in [3.05, 3.63) is 53.5 Å². The standard InChI is InChI=1S/C18H23NO4/c1-13-6-7-17(23-13)18-12-19(8-9-22-18)11-16(20)14-4-3-5-15(10-14)21-2/h3-7,10,16,18,20H,8-9,11-12H2,1-2H3. The van der Waals surface area contributed by atoms with E-state index in [-0.39, 0.29) is 6.10 Å². The zero-order valence-electron chi connectivity index (χ0n) is 13.6. The summed E-state index contributed by atoms with van der Waals surface area (Å²) >= 11 is 0. The van der Waals surface area contributed by atoms with E-state index in [9.17, 15) is 5.11 Å². The van der Waals surface area contributed by atoms with Crippen LogP contribution in [0.5, 0.6) is 5.75 Å². The molecule has 2 unspecified atom stereocenters. The van der Waals surface area contributed by atoms with E-state index in [1.165, 1.54) is 0 Å². The van der Waals surface area contributed by atoms with E-state index in [0.29, 0.717) is 19.7 Å². The second kappa shape index (κ2) is 7.17. The number of ether oxygens (including phenoxy) is 2. The van der Waals surface area contributed by atoms with Crippen LogP contribution in [-0.2, 0) is 4.74 Å². The predicted molar refractivity (Wildman–Crippen MR) is 86.5 cm³/mol. The molecule has 0 radical (unpaired) electrons. The van der Waals surface area contributed by atoms with Crippen molar-refractivity contribution in [2.45, 2.75) is 19.1 Å². The number of morpholine rings is 1. The van der Waals surface area contributed by atoms with Crippen LogP contribution in [0.25, 0.3) is 0 Å². The first-order chi connectivity index (χ1) is 11.2. The van der Waals surface area contributed by atoms with E-state index in [4.69, 9.17) is 13.9 Å². The van der Waals surface area contributed by atoms with Gasteiger partial charge in [-0.15, -0.1) is 0 Å². The largest absolute Gasteiger partial charge is 0.497 e. The fourth-order valence-electron chi connectivity index (χ4n) is 2.87. The van der Waals surface area contributed by atoms with Crippen molar-refractivity contribution in [2.24, 2.45) is 0 Å². The van der Waals surface area contributed by atoms with Gasteiger partial charge >= 0.3 is 0 Å². The van der Waals surface area contributed by atoms with E-state index < -0.39 is 6.10 Å². The molecule has 0 bridgehead atoms. The van der Waals surface area contributed by atoms with Crippen LogP contribution in [0.3, 0.4) is 0 Å². The van der Waals surface area contributed by atoms with Crippen LogP contribution in [0.2, 0.25) is 0 Å². The summed E-state index contributed by atoms with van der Waals surface area (Å²) in [7, 11) is 1.63. The Labute approximate surface area is 136 Å². The molecule has 0 spiro atoms. The molecular weight excluding hydrogens is 294 g/mol. The number of β-amino-alcohol motifs (C(OH)–C–C–N with tert-alkyl or cyclic N) is 1. The van der Waals surface area contributed by atoms with Crippen molar-refractivity contribution in [3.63, 3.8) is 0 Å². The van der Waals surface area contributed by atoms with E-state index in [1.54, 1.807) is 7.11 Å². The van der Waals surface area contributed by atoms with Gasteiger partial charge < -0.3 is 19.0 Å². The zero-order valence-corrected chi connectivity index (χ0v) is 13.6. The maximum absolute atomic E-state index is 10.5. The summed E-state index contributed by atoms with van der Waals surface area (Å²) in [6.07, 6.45) is -0.628. The molecule has 124 valence electrons. The molecule has 5 nitrogen and oxygen atoms in total. The quantitative estimate of drug-likeness (QED) is 0.919. The average Bonchev–Trinajstić information content (AvgIpc) is 3.02. The molecule has 2 atom stereocenters. The fraction of sp³-hybridized carbons (Fsp3) is 0.444. The molecule has 1 fully saturated rings. The van der Waals surface area contributed by atoms with Gasteiger partial charge in [0.1, 0.15) is 23.4 Å². The summed E-state index contributed by atoms with van der Waals surface area (Å²) in [6.45, 7) is 4.64. The minimum absolute atomic E-state index is 0.0741. The Bertz CT molecular complexity index is 639. The number of furan rings is 1. The van der Waals surface area contributed by atoms with Crippen molar-refractivity contribution in [1.82, 2.24) is 4.90 Å². The van der Waals surface area contributed by atoms with Crippen LogP contribution in [0.1, 0.15) is 29.3 Å². The predicted octanol–water partition coefficient (Wildman–Crippen LogP) is 2.70. The average molecular weight is 317 g/mol. The van der Waals surface area contributed by atoms with Crippen molar-refractivity contribution in [2.75, 3.05) is 33.4 Å². The van der Waals surface area contributed by atoms with E-state index in [0.717, 1.165) is 29.4 Å². The Morgan fingerprint density at radius 3 is 2.96 bits per heavy atom. The van der Waals surface area contributed by atoms with Gasteiger partial charge in [-0.05, 0) is 36.8 Å². The van der Waals surface area contributed by atoms with Gasteiger partial charge in [-0.3, -0.25) is 4.90 Å². The molecule has 1 aromatic carbocycles. The van der Waals surface area contributed by atoms with Crippen molar-refractivity contribution in [1.29, 1.82) is 0 Å². The smallest absolute Gasteiger partial charge is 0.134 e. The Kier molecular flexibility index (Phi) is 5.00. The summed E-state index contributed by atoms with van der Waals surface area (Å²) < 4.78 is 16.7. The maximum atomic E-state index is 10.5. The van der Waals surface area contributed by atoms with Crippen molar-refractivity contribution < 1.29 is 19.0 Å². The van der Waals surface area contributed by atoms with Crippen molar-refractivity contribution >= 4 is 0 Å². The maximum Gasteiger partial charge on any atom is 0.134 e. The summed E-state index contributed by atoms with van der Waals surface area (Å²) in [5, 5.41) is 10.5. The fourth-order valence-corrected chi connectivity index (χ4v) is 2.87. The molecule has 23 heavy (non-hydrogen) atoms. The normalized spacial score (nSPS) is 20.4. The van der Waals surface area contributed by atoms with Crippen LogP contribution >= 0.6 is 0 Å². The lowest BCUT2D eigenvalue weighted by Crippen LogP contribution is -2.40. The lowest BCUT2D eigenvalue weighted by Gasteiger charge is -2.33. The number of hydrogen-bond acceptors (Lipinski definition) is 5. The lowest BCUT2D eigenvalue weighted by atomic mass is 10.1. The first-order valence-corrected chi connectivity index (χ1v) is 7.88. The topological polar surface area (TPSA) is 55.1 Å². The Morgan fingerprint density at radius 2 is 2.22 bits per heavy atom. The number of aliphatic hydroxyl groups is 1. The number of methoxy groups -OCH3 is 1. The van der Waals surface area contributed by atoms with E-state index in [1.807, 2.05) is 43.3 Å². The number of benzene rings is 1. The molecule has 1 aromatic heterocycles. The first kappa shape index (κ1) is 16.1. The third-order valence-corrected chi connectivity index (χ3v) is 4.14. The van der Waals surface area contributed by atoms with Crippen LogP contribution < -0.4 is 4.74 Å². The van der Waals surface area contributed by atoms with Gasteiger partial charge in [0, 0.05) is 19.6 Å². The number of hydrogen-bond donors (Lipinski definition) is 1. The van der Waals surface area contributed by atoms with Crippen LogP contribution in [0.4, 0.5) is 0 Å². The highest BCUT2D eigenvalue weighted by Gasteiger charge is 2.26. The zero-order chi connectivity index (χ0) is 16.2. The third kappa shape index (κ3) is 3.93. The van der Waals surface area contributed by atoms with Gasteiger partial charge in [-0.1, -0.05) is 12.1 Å². The van der Waals surface area contributed by atoms with Crippen LogP contribution in [0.15, 0.2) is 40.8 Å². The second-order valence-corrected chi connectivity index (χ2v) is 5.86. The molecular formula is C18H23NO4. The van der Waals surface area contributed by atoms with Crippen molar-refractivity contribution in [3.8, 4) is 5.75 Å². The van der Waals surface area contributed by atoms with Gasteiger partial charge in [0.25, 0.3) is 0 Å². The molecule has 1 aliphatic heterocycles. The number of aliphatic hydroxyl groups excluding tert-OH is 1. The van der Waals surface area contributed by atoms with Gasteiger partial charge in [0.2, 0.25) is 0 Å². The van der Waals surface area contributed by atoms with Gasteiger partial charge in [0.05, 0.1) is 19.8 Å². The Balaban J connectivity index is 1.62. The minimum Gasteiger partial charge on any atom is -0.497 e. The lowest BCUT2D eigenvalue weighted by molar-refractivity contribution is -0.0513.